The molecule has 0 spiro atoms. The summed E-state index contributed by atoms with van der Waals surface area (Å²) in [5.41, 5.74) is 4.50. The van der Waals surface area contributed by atoms with E-state index < -0.39 is 6.10 Å². The van der Waals surface area contributed by atoms with Crippen molar-refractivity contribution in [1.29, 1.82) is 0 Å². The van der Waals surface area contributed by atoms with E-state index in [-0.39, 0.29) is 6.61 Å². The summed E-state index contributed by atoms with van der Waals surface area (Å²) in [4.78, 5) is 8.74. The van der Waals surface area contributed by atoms with Gasteiger partial charge in [-0.2, -0.15) is 0 Å². The molecule has 1 aliphatic rings. The molecule has 0 amide bonds. The van der Waals surface area contributed by atoms with Gasteiger partial charge in [0.1, 0.15) is 24.2 Å². The molecule has 0 saturated carbocycles. The van der Waals surface area contributed by atoms with Crippen LogP contribution >= 0.6 is 11.6 Å². The number of nitrogens with zero attached hydrogens (tertiary/aromatic N) is 1. The van der Waals surface area contributed by atoms with Gasteiger partial charge in [0, 0.05) is 59.4 Å². The van der Waals surface area contributed by atoms with Crippen molar-refractivity contribution in [2.75, 3.05) is 33.4 Å². The van der Waals surface area contributed by atoms with E-state index in [1.54, 1.807) is 7.11 Å². The van der Waals surface area contributed by atoms with Crippen LogP contribution in [0.5, 0.6) is 11.5 Å². The zero-order chi connectivity index (χ0) is 22.1. The fourth-order valence-electron chi connectivity index (χ4n) is 4.39. The molecule has 0 saturated heterocycles. The summed E-state index contributed by atoms with van der Waals surface area (Å²) in [5, 5.41) is 13.3. The summed E-state index contributed by atoms with van der Waals surface area (Å²) in [7, 11) is 1.63. The summed E-state index contributed by atoms with van der Waals surface area (Å²) in [6.45, 7) is 2.51. The molecule has 2 aromatic carbocycles. The average molecular weight is 452 g/mol. The molecule has 0 bridgehead atoms. The first-order valence-electron chi connectivity index (χ1n) is 10.8. The number of H-pyrrole nitrogens is 2. The first kappa shape index (κ1) is 20.9. The molecular formula is C25H26ClN3O3. The van der Waals surface area contributed by atoms with Crippen LogP contribution in [0.3, 0.4) is 0 Å². The Morgan fingerprint density at radius 1 is 1.12 bits per heavy atom. The molecule has 2 aromatic heterocycles. The fraction of sp³-hybridized carbons (Fsp3) is 0.280. The van der Waals surface area contributed by atoms with Gasteiger partial charge in [0.25, 0.3) is 0 Å². The predicted octanol–water partition coefficient (Wildman–Crippen LogP) is 4.84. The molecule has 0 unspecified atom stereocenters. The zero-order valence-corrected chi connectivity index (χ0v) is 18.7. The highest BCUT2D eigenvalue weighted by atomic mass is 35.5. The van der Waals surface area contributed by atoms with Crippen molar-refractivity contribution < 1.29 is 14.6 Å². The van der Waals surface area contributed by atoms with Gasteiger partial charge in [-0.3, -0.25) is 4.90 Å². The first-order chi connectivity index (χ1) is 15.6. The minimum Gasteiger partial charge on any atom is -0.495 e. The maximum Gasteiger partial charge on any atom is 0.138 e. The van der Waals surface area contributed by atoms with Crippen LogP contribution in [0.1, 0.15) is 12.0 Å². The Morgan fingerprint density at radius 3 is 2.84 bits per heavy atom. The van der Waals surface area contributed by atoms with Crippen molar-refractivity contribution in [3.63, 3.8) is 0 Å². The Kier molecular flexibility index (Phi) is 5.83. The number of β-amino-alcohol motifs (C(OH)–C–C–N with tert-alkyl or cyclic N) is 1. The van der Waals surface area contributed by atoms with E-state index in [4.69, 9.17) is 21.1 Å². The Labute approximate surface area is 191 Å². The lowest BCUT2D eigenvalue weighted by molar-refractivity contribution is 0.0722. The highest BCUT2D eigenvalue weighted by Crippen LogP contribution is 2.35. The van der Waals surface area contributed by atoms with Crippen molar-refractivity contribution >= 4 is 39.0 Å². The Morgan fingerprint density at radius 2 is 2.03 bits per heavy atom. The largest absolute Gasteiger partial charge is 0.495 e. The van der Waals surface area contributed by atoms with Crippen LogP contribution in [-0.2, 0) is 0 Å². The Hall–Kier alpha value is -2.93. The lowest BCUT2D eigenvalue weighted by Gasteiger charge is -2.28. The number of fused-ring (bicyclic) bond motifs is 2. The SMILES string of the molecule is COc1cc2c(C3=CCN(C[C@H](O)COc4cccc5[nH]ccc45)CC3)c[nH]c2cc1Cl. The number of benzene rings is 2. The molecule has 3 heterocycles. The number of hydrogen-bond acceptors (Lipinski definition) is 4. The Bertz CT molecular complexity index is 1280. The number of aliphatic hydroxyl groups excluding tert-OH is 1. The molecule has 5 rings (SSSR count). The molecule has 0 fully saturated rings. The summed E-state index contributed by atoms with van der Waals surface area (Å²) < 4.78 is 11.3. The van der Waals surface area contributed by atoms with Gasteiger partial charge in [0.05, 0.1) is 12.1 Å². The molecule has 0 radical (unpaired) electrons. The van der Waals surface area contributed by atoms with Gasteiger partial charge in [0.2, 0.25) is 0 Å². The number of aromatic nitrogens is 2. The molecule has 1 atom stereocenters. The van der Waals surface area contributed by atoms with Gasteiger partial charge in [-0.25, -0.2) is 0 Å². The first-order valence-corrected chi connectivity index (χ1v) is 11.1. The van der Waals surface area contributed by atoms with Crippen LogP contribution in [0.15, 0.2) is 54.9 Å². The highest BCUT2D eigenvalue weighted by molar-refractivity contribution is 6.32. The minimum atomic E-state index is -0.557. The zero-order valence-electron chi connectivity index (χ0n) is 17.9. The summed E-state index contributed by atoms with van der Waals surface area (Å²) in [5.74, 6) is 1.47. The van der Waals surface area contributed by atoms with E-state index >= 15 is 0 Å². The number of ether oxygens (including phenoxy) is 2. The number of methoxy groups -OCH3 is 1. The number of nitrogens with one attached hydrogen (secondary N) is 2. The van der Waals surface area contributed by atoms with E-state index in [0.29, 0.717) is 17.3 Å². The molecule has 4 aromatic rings. The van der Waals surface area contributed by atoms with E-state index in [2.05, 4.69) is 20.9 Å². The monoisotopic (exact) mass is 451 g/mol. The number of aliphatic hydroxyl groups is 1. The molecule has 166 valence electrons. The third-order valence-corrected chi connectivity index (χ3v) is 6.34. The van der Waals surface area contributed by atoms with Crippen molar-refractivity contribution in [3.8, 4) is 11.5 Å². The van der Waals surface area contributed by atoms with Crippen LogP contribution in [0.2, 0.25) is 5.02 Å². The van der Waals surface area contributed by atoms with Crippen molar-refractivity contribution in [3.05, 3.63) is 65.5 Å². The fourth-order valence-corrected chi connectivity index (χ4v) is 4.63. The second-order valence-corrected chi connectivity index (χ2v) is 8.54. The molecule has 32 heavy (non-hydrogen) atoms. The van der Waals surface area contributed by atoms with Crippen LogP contribution < -0.4 is 9.47 Å². The lowest BCUT2D eigenvalue weighted by atomic mass is 9.98. The van der Waals surface area contributed by atoms with E-state index in [1.165, 1.54) is 11.1 Å². The van der Waals surface area contributed by atoms with Crippen molar-refractivity contribution in [2.24, 2.45) is 0 Å². The normalized spacial score (nSPS) is 15.8. The third-order valence-electron chi connectivity index (χ3n) is 6.05. The third kappa shape index (κ3) is 4.09. The topological polar surface area (TPSA) is 73.5 Å². The van der Waals surface area contributed by atoms with Gasteiger partial charge in [-0.15, -0.1) is 0 Å². The van der Waals surface area contributed by atoms with Gasteiger partial charge < -0.3 is 24.5 Å². The second kappa shape index (κ2) is 8.90. The number of rotatable bonds is 7. The number of hydrogen-bond donors (Lipinski definition) is 3. The lowest BCUT2D eigenvalue weighted by Crippen LogP contribution is -2.38. The van der Waals surface area contributed by atoms with Gasteiger partial charge >= 0.3 is 0 Å². The van der Waals surface area contributed by atoms with E-state index in [9.17, 15) is 5.11 Å². The molecule has 3 N–H and O–H groups in total. The molecule has 6 nitrogen and oxygen atoms in total. The summed E-state index contributed by atoms with van der Waals surface area (Å²) >= 11 is 6.25. The average Bonchev–Trinajstić information content (AvgIpc) is 3.44. The maximum atomic E-state index is 10.5. The molecule has 0 aliphatic carbocycles. The van der Waals surface area contributed by atoms with Crippen LogP contribution in [0, 0.1) is 0 Å². The molecule has 7 heteroatoms. The maximum absolute atomic E-state index is 10.5. The van der Waals surface area contributed by atoms with Crippen LogP contribution in [0.25, 0.3) is 27.4 Å². The molecular weight excluding hydrogens is 426 g/mol. The van der Waals surface area contributed by atoms with Gasteiger partial charge in [-0.05, 0) is 42.3 Å². The standard InChI is InChI=1S/C25H26ClN3O3/c1-31-25-11-19-20(13-28-23(19)12-21(25)26)16-6-9-29(10-7-16)14-17(30)15-32-24-4-2-3-22-18(24)5-8-27-22/h2-6,8,11-13,17,27-28,30H,7,9-10,14-15H2,1H3/t17-/m0/s1. The Balaban J connectivity index is 1.21. The summed E-state index contributed by atoms with van der Waals surface area (Å²) in [6.07, 6.45) is 6.52. The smallest absolute Gasteiger partial charge is 0.138 e. The van der Waals surface area contributed by atoms with E-state index in [1.807, 2.05) is 48.8 Å². The highest BCUT2D eigenvalue weighted by Gasteiger charge is 2.19. The predicted molar refractivity (Wildman–Crippen MR) is 129 cm³/mol. The van der Waals surface area contributed by atoms with Crippen molar-refractivity contribution in [1.82, 2.24) is 14.9 Å². The minimum absolute atomic E-state index is 0.264. The van der Waals surface area contributed by atoms with Crippen molar-refractivity contribution in [2.45, 2.75) is 12.5 Å². The van der Waals surface area contributed by atoms with Gasteiger partial charge in [-0.1, -0.05) is 23.7 Å². The van der Waals surface area contributed by atoms with Crippen LogP contribution in [-0.4, -0.2) is 59.4 Å². The second-order valence-electron chi connectivity index (χ2n) is 8.13. The van der Waals surface area contributed by atoms with E-state index in [0.717, 1.165) is 47.1 Å². The van der Waals surface area contributed by atoms with Gasteiger partial charge in [0.15, 0.2) is 0 Å². The quantitative estimate of drug-likeness (QED) is 0.376. The molecule has 1 aliphatic heterocycles. The number of aromatic amines is 2. The van der Waals surface area contributed by atoms with Crippen LogP contribution in [0.4, 0.5) is 0 Å². The number of halogens is 1. The summed E-state index contributed by atoms with van der Waals surface area (Å²) in [6, 6.07) is 11.8.